The third kappa shape index (κ3) is 5.37. The summed E-state index contributed by atoms with van der Waals surface area (Å²) in [5.41, 5.74) is 3.61. The highest BCUT2D eigenvalue weighted by Crippen LogP contribution is 2.37. The molecular weight excluding hydrogens is 557 g/mol. The average Bonchev–Trinajstić information content (AvgIpc) is 3.44. The second kappa shape index (κ2) is 11.2. The number of H-pyrrole nitrogens is 1. The molecule has 2 fully saturated rings. The Bertz CT molecular complexity index is 1720. The molecule has 1 atom stereocenters. The quantitative estimate of drug-likeness (QED) is 0.286. The monoisotopic (exact) mass is 588 g/mol. The van der Waals surface area contributed by atoms with Crippen LogP contribution in [0.5, 0.6) is 0 Å². The summed E-state index contributed by atoms with van der Waals surface area (Å²) in [6.07, 6.45) is 1.69. The van der Waals surface area contributed by atoms with Gasteiger partial charge in [0.2, 0.25) is 11.8 Å². The smallest absolute Gasteiger partial charge is 0.269 e. The van der Waals surface area contributed by atoms with Crippen LogP contribution >= 0.6 is 0 Å². The molecule has 222 valence electrons. The molecule has 0 saturated carbocycles. The minimum atomic E-state index is -1.02. The summed E-state index contributed by atoms with van der Waals surface area (Å²) in [7, 11) is 3.29. The highest BCUT2D eigenvalue weighted by molar-refractivity contribution is 6.03. The Morgan fingerprint density at radius 3 is 2.19 bits per heavy atom. The van der Waals surface area contributed by atoms with E-state index in [2.05, 4.69) is 22.4 Å². The lowest BCUT2D eigenvalue weighted by molar-refractivity contribution is -0.134. The zero-order valence-corrected chi connectivity index (χ0v) is 23.8. The molecule has 0 radical (unpaired) electrons. The molecule has 3 amide bonds. The van der Waals surface area contributed by atoms with E-state index in [0.717, 1.165) is 29.5 Å². The van der Waals surface area contributed by atoms with E-state index >= 15 is 8.78 Å². The molecule has 4 aromatic rings. The molecule has 2 aliphatic rings. The molecule has 6 rings (SSSR count). The zero-order valence-electron chi connectivity index (χ0n) is 23.8. The van der Waals surface area contributed by atoms with Crippen molar-refractivity contribution >= 4 is 34.3 Å². The molecule has 7 nitrogen and oxygen atoms in total. The molecule has 10 heteroatoms. The number of rotatable bonds is 5. The number of halogens is 3. The third-order valence-electron chi connectivity index (χ3n) is 8.58. The second-order valence-electron chi connectivity index (χ2n) is 11.5. The molecule has 0 aliphatic carbocycles. The van der Waals surface area contributed by atoms with Crippen molar-refractivity contribution in [3.63, 3.8) is 0 Å². The van der Waals surface area contributed by atoms with Gasteiger partial charge in [-0.3, -0.25) is 19.7 Å². The SMILES string of the molecule is CN(C)C(=O)c1cc2c(-c3ccc(C4CCN(c5cc(F)c(C6CCC(=O)NC6=O)c(F)c5)CC4)cc3)ccc(F)c2[nH]1. The maximum absolute atomic E-state index is 15.1. The maximum atomic E-state index is 15.1. The molecule has 3 heterocycles. The van der Waals surface area contributed by atoms with Crippen molar-refractivity contribution in [2.45, 2.75) is 37.5 Å². The minimum Gasteiger partial charge on any atom is -0.371 e. The van der Waals surface area contributed by atoms with Gasteiger partial charge in [0.1, 0.15) is 23.1 Å². The Hall–Kier alpha value is -4.60. The Morgan fingerprint density at radius 1 is 0.884 bits per heavy atom. The number of benzene rings is 3. The number of aromatic nitrogens is 1. The number of piperidine rings is 2. The van der Waals surface area contributed by atoms with Gasteiger partial charge in [-0.25, -0.2) is 13.2 Å². The molecular formula is C33H31F3N4O3. The van der Waals surface area contributed by atoms with Gasteiger partial charge >= 0.3 is 0 Å². The number of nitrogens with zero attached hydrogens (tertiary/aromatic N) is 2. The van der Waals surface area contributed by atoms with Crippen LogP contribution in [0.1, 0.15) is 59.1 Å². The molecule has 0 bridgehead atoms. The van der Waals surface area contributed by atoms with Crippen molar-refractivity contribution in [2.24, 2.45) is 0 Å². The first-order chi connectivity index (χ1) is 20.6. The summed E-state index contributed by atoms with van der Waals surface area (Å²) in [6.45, 7) is 1.21. The molecule has 1 aromatic heterocycles. The first-order valence-corrected chi connectivity index (χ1v) is 14.3. The number of anilines is 1. The highest BCUT2D eigenvalue weighted by atomic mass is 19.1. The number of fused-ring (bicyclic) bond motifs is 1. The highest BCUT2D eigenvalue weighted by Gasteiger charge is 2.33. The van der Waals surface area contributed by atoms with Gasteiger partial charge < -0.3 is 14.8 Å². The number of carbonyl (C=O) groups excluding carboxylic acids is 3. The van der Waals surface area contributed by atoms with Crippen LogP contribution in [0.2, 0.25) is 0 Å². The van der Waals surface area contributed by atoms with E-state index in [1.807, 2.05) is 17.0 Å². The molecule has 0 spiro atoms. The lowest BCUT2D eigenvalue weighted by Gasteiger charge is -2.34. The topological polar surface area (TPSA) is 85.5 Å². The largest absolute Gasteiger partial charge is 0.371 e. The van der Waals surface area contributed by atoms with Crippen molar-refractivity contribution < 1.29 is 27.6 Å². The lowest BCUT2D eigenvalue weighted by Crippen LogP contribution is -2.40. The minimum absolute atomic E-state index is 0.0462. The second-order valence-corrected chi connectivity index (χ2v) is 11.5. The number of aromatic amines is 1. The maximum Gasteiger partial charge on any atom is 0.269 e. The average molecular weight is 589 g/mol. The van der Waals surface area contributed by atoms with Crippen LogP contribution in [0.3, 0.4) is 0 Å². The summed E-state index contributed by atoms with van der Waals surface area (Å²) in [6, 6.07) is 15.4. The van der Waals surface area contributed by atoms with Crippen LogP contribution in [0.4, 0.5) is 18.9 Å². The number of hydrogen-bond acceptors (Lipinski definition) is 4. The van der Waals surface area contributed by atoms with Gasteiger partial charge in [0, 0.05) is 50.2 Å². The standard InChI is InChI=1S/C33H31F3N4O3/c1-39(2)33(43)28-17-24-22(7-9-25(34)31(24)37-28)20-5-3-18(4-6-20)19-11-13-40(14-12-19)21-15-26(35)30(27(36)16-21)23-8-10-29(41)38-32(23)42/h3-7,9,15-17,19,23,37H,8,10-14H2,1-2H3,(H,38,41,42). The Morgan fingerprint density at radius 2 is 1.56 bits per heavy atom. The number of imide groups is 1. The van der Waals surface area contributed by atoms with Crippen molar-refractivity contribution in [3.05, 3.63) is 88.9 Å². The first-order valence-electron chi connectivity index (χ1n) is 14.3. The number of hydrogen-bond donors (Lipinski definition) is 2. The fourth-order valence-electron chi connectivity index (χ4n) is 6.25. The molecule has 1 unspecified atom stereocenters. The predicted molar refractivity (Wildman–Crippen MR) is 157 cm³/mol. The van der Waals surface area contributed by atoms with E-state index in [4.69, 9.17) is 0 Å². The van der Waals surface area contributed by atoms with Crippen LogP contribution in [0.25, 0.3) is 22.0 Å². The van der Waals surface area contributed by atoms with Crippen molar-refractivity contribution in [1.29, 1.82) is 0 Å². The van der Waals surface area contributed by atoms with Crippen LogP contribution in [0.15, 0.2) is 54.6 Å². The third-order valence-corrected chi connectivity index (χ3v) is 8.58. The van der Waals surface area contributed by atoms with E-state index in [-0.39, 0.29) is 35.7 Å². The van der Waals surface area contributed by atoms with Gasteiger partial charge in [-0.2, -0.15) is 0 Å². The summed E-state index contributed by atoms with van der Waals surface area (Å²) >= 11 is 0. The predicted octanol–water partition coefficient (Wildman–Crippen LogP) is 5.86. The van der Waals surface area contributed by atoms with Crippen molar-refractivity contribution in [1.82, 2.24) is 15.2 Å². The molecule has 43 heavy (non-hydrogen) atoms. The van der Waals surface area contributed by atoms with Gasteiger partial charge in [-0.1, -0.05) is 30.3 Å². The lowest BCUT2D eigenvalue weighted by atomic mass is 9.87. The molecule has 2 saturated heterocycles. The van der Waals surface area contributed by atoms with Crippen LogP contribution in [0, 0.1) is 17.5 Å². The molecule has 3 aromatic carbocycles. The number of carbonyl (C=O) groups is 3. The summed E-state index contributed by atoms with van der Waals surface area (Å²) < 4.78 is 44.7. The Labute approximate surface area is 246 Å². The van der Waals surface area contributed by atoms with Gasteiger partial charge in [0.05, 0.1) is 11.4 Å². The molecule has 2 N–H and O–H groups in total. The van der Waals surface area contributed by atoms with E-state index < -0.39 is 35.2 Å². The van der Waals surface area contributed by atoms with Crippen LogP contribution in [-0.4, -0.2) is 54.8 Å². The van der Waals surface area contributed by atoms with E-state index in [1.54, 1.807) is 26.2 Å². The van der Waals surface area contributed by atoms with E-state index in [9.17, 15) is 18.8 Å². The van der Waals surface area contributed by atoms with Crippen molar-refractivity contribution in [3.8, 4) is 11.1 Å². The van der Waals surface area contributed by atoms with Gasteiger partial charge in [-0.05, 0) is 66.1 Å². The van der Waals surface area contributed by atoms with E-state index in [1.165, 1.54) is 23.1 Å². The van der Waals surface area contributed by atoms with Gasteiger partial charge in [0.25, 0.3) is 5.91 Å². The normalized spacial score (nSPS) is 17.8. The number of amides is 3. The van der Waals surface area contributed by atoms with Gasteiger partial charge in [-0.15, -0.1) is 0 Å². The van der Waals surface area contributed by atoms with Crippen molar-refractivity contribution in [2.75, 3.05) is 32.1 Å². The summed E-state index contributed by atoms with van der Waals surface area (Å²) in [5, 5.41) is 2.79. The number of nitrogens with one attached hydrogen (secondary N) is 2. The fraction of sp³-hybridized carbons (Fsp3) is 0.303. The Balaban J connectivity index is 1.15. The molecule has 2 aliphatic heterocycles. The van der Waals surface area contributed by atoms with E-state index in [0.29, 0.717) is 29.9 Å². The van der Waals surface area contributed by atoms with Crippen LogP contribution in [-0.2, 0) is 9.59 Å². The first kappa shape index (κ1) is 28.5. The summed E-state index contributed by atoms with van der Waals surface area (Å²) in [5.74, 6) is -4.09. The summed E-state index contributed by atoms with van der Waals surface area (Å²) in [4.78, 5) is 42.4. The zero-order chi connectivity index (χ0) is 30.4. The fourth-order valence-corrected chi connectivity index (χ4v) is 6.25. The Kier molecular flexibility index (Phi) is 7.45. The van der Waals surface area contributed by atoms with Crippen LogP contribution < -0.4 is 10.2 Å². The van der Waals surface area contributed by atoms with Gasteiger partial charge in [0.15, 0.2) is 0 Å².